The highest BCUT2D eigenvalue weighted by molar-refractivity contribution is 7.98. The highest BCUT2D eigenvalue weighted by Gasteiger charge is 2.26. The van der Waals surface area contributed by atoms with E-state index in [2.05, 4.69) is 40.7 Å². The highest BCUT2D eigenvalue weighted by atomic mass is 32.2. The fraction of sp³-hybridized carbons (Fsp3) is 0.600. The largest absolute Gasteiger partial charge is 0.371 e. The van der Waals surface area contributed by atoms with Crippen molar-refractivity contribution >= 4 is 17.4 Å². The van der Waals surface area contributed by atoms with E-state index in [1.165, 1.54) is 49.5 Å². The first-order valence-corrected chi connectivity index (χ1v) is 8.20. The van der Waals surface area contributed by atoms with Crippen molar-refractivity contribution in [3.05, 3.63) is 24.3 Å². The molecule has 98 valence electrons. The Hall–Kier alpha value is -0.670. The summed E-state index contributed by atoms with van der Waals surface area (Å²) in [7, 11) is 0. The molecule has 1 aliphatic carbocycles. The lowest BCUT2D eigenvalue weighted by atomic mass is 10.1. The fourth-order valence-electron chi connectivity index (χ4n) is 2.65. The number of rotatable bonds is 5. The maximum absolute atomic E-state index is 3.66. The molecule has 2 fully saturated rings. The summed E-state index contributed by atoms with van der Waals surface area (Å²) in [6, 6.07) is 9.84. The molecule has 0 radical (unpaired) electrons. The van der Waals surface area contributed by atoms with E-state index >= 15 is 0 Å². The third-order valence-corrected chi connectivity index (χ3v) is 4.74. The summed E-state index contributed by atoms with van der Waals surface area (Å²) in [4.78, 5) is 3.88. The molecule has 1 saturated heterocycles. The topological polar surface area (TPSA) is 15.3 Å². The van der Waals surface area contributed by atoms with Crippen molar-refractivity contribution in [1.82, 2.24) is 5.32 Å². The summed E-state index contributed by atoms with van der Waals surface area (Å²) >= 11 is 1.81. The van der Waals surface area contributed by atoms with Crippen LogP contribution in [0.3, 0.4) is 0 Å². The number of nitrogens with one attached hydrogen (secondary N) is 1. The van der Waals surface area contributed by atoms with Crippen LogP contribution in [0.2, 0.25) is 0 Å². The fourth-order valence-corrected chi connectivity index (χ4v) is 3.06. The molecule has 3 heteroatoms. The molecule has 1 heterocycles. The van der Waals surface area contributed by atoms with Gasteiger partial charge in [-0.2, -0.15) is 0 Å². The molecule has 0 bridgehead atoms. The Balaban J connectivity index is 1.53. The number of hydrogen-bond acceptors (Lipinski definition) is 3. The van der Waals surface area contributed by atoms with Gasteiger partial charge >= 0.3 is 0 Å². The first-order valence-electron chi connectivity index (χ1n) is 6.97. The van der Waals surface area contributed by atoms with Gasteiger partial charge < -0.3 is 10.2 Å². The van der Waals surface area contributed by atoms with Crippen LogP contribution in [0.4, 0.5) is 5.69 Å². The average Bonchev–Trinajstić information content (AvgIpc) is 3.14. The van der Waals surface area contributed by atoms with Crippen LogP contribution in [0, 0.1) is 5.92 Å². The molecule has 1 aromatic rings. The van der Waals surface area contributed by atoms with Crippen molar-refractivity contribution in [2.45, 2.75) is 30.2 Å². The summed E-state index contributed by atoms with van der Waals surface area (Å²) in [5.74, 6) is 0.839. The van der Waals surface area contributed by atoms with Crippen molar-refractivity contribution in [2.24, 2.45) is 5.92 Å². The minimum absolute atomic E-state index is 0.839. The molecule has 1 aliphatic heterocycles. The monoisotopic (exact) mass is 262 g/mol. The Labute approximate surface area is 114 Å². The van der Waals surface area contributed by atoms with Gasteiger partial charge in [-0.05, 0) is 62.2 Å². The van der Waals surface area contributed by atoms with Crippen LogP contribution in [0.5, 0.6) is 0 Å². The smallest absolute Gasteiger partial charge is 0.0367 e. The number of hydrogen-bond donors (Lipinski definition) is 1. The first kappa shape index (κ1) is 12.4. The van der Waals surface area contributed by atoms with E-state index in [4.69, 9.17) is 0 Å². The lowest BCUT2D eigenvalue weighted by Crippen LogP contribution is -2.27. The Morgan fingerprint density at radius 1 is 1.22 bits per heavy atom. The lowest BCUT2D eigenvalue weighted by Gasteiger charge is -2.19. The molecule has 0 spiro atoms. The van der Waals surface area contributed by atoms with E-state index in [-0.39, 0.29) is 0 Å². The molecule has 3 rings (SSSR count). The molecular formula is C15H22N2S. The second-order valence-electron chi connectivity index (χ2n) is 5.48. The van der Waals surface area contributed by atoms with Crippen LogP contribution in [-0.2, 0) is 0 Å². The lowest BCUT2D eigenvalue weighted by molar-refractivity contribution is 0.515. The van der Waals surface area contributed by atoms with Crippen LogP contribution < -0.4 is 10.2 Å². The minimum Gasteiger partial charge on any atom is -0.371 e. The SMILES string of the molecule is CSc1ccc(N2CCC(CNC3CC3)C2)cc1. The molecule has 1 N–H and O–H groups in total. The summed E-state index contributed by atoms with van der Waals surface area (Å²) in [6.45, 7) is 3.65. The highest BCUT2D eigenvalue weighted by Crippen LogP contribution is 2.26. The summed E-state index contributed by atoms with van der Waals surface area (Å²) in [5, 5.41) is 3.66. The van der Waals surface area contributed by atoms with Gasteiger partial charge in [0.15, 0.2) is 0 Å². The maximum Gasteiger partial charge on any atom is 0.0367 e. The molecule has 1 saturated carbocycles. The van der Waals surface area contributed by atoms with Crippen LogP contribution >= 0.6 is 11.8 Å². The molecule has 0 aromatic heterocycles. The van der Waals surface area contributed by atoms with Gasteiger partial charge in [0, 0.05) is 29.7 Å². The molecule has 1 unspecified atom stereocenters. The van der Waals surface area contributed by atoms with Gasteiger partial charge in [0.05, 0.1) is 0 Å². The molecule has 2 aliphatic rings. The van der Waals surface area contributed by atoms with Gasteiger partial charge in [0.1, 0.15) is 0 Å². The number of thioether (sulfide) groups is 1. The van der Waals surface area contributed by atoms with Crippen molar-refractivity contribution in [1.29, 1.82) is 0 Å². The van der Waals surface area contributed by atoms with Crippen molar-refractivity contribution in [3.8, 4) is 0 Å². The van der Waals surface area contributed by atoms with Crippen molar-refractivity contribution < 1.29 is 0 Å². The molecule has 0 amide bonds. The number of benzene rings is 1. The summed E-state index contributed by atoms with van der Waals surface area (Å²) in [6.07, 6.45) is 6.26. The predicted molar refractivity (Wildman–Crippen MR) is 79.6 cm³/mol. The molecular weight excluding hydrogens is 240 g/mol. The number of anilines is 1. The van der Waals surface area contributed by atoms with Gasteiger partial charge in [-0.15, -0.1) is 11.8 Å². The van der Waals surface area contributed by atoms with Crippen molar-refractivity contribution in [2.75, 3.05) is 30.8 Å². The van der Waals surface area contributed by atoms with Crippen LogP contribution in [-0.4, -0.2) is 31.9 Å². The zero-order valence-electron chi connectivity index (χ0n) is 11.1. The van der Waals surface area contributed by atoms with Gasteiger partial charge in [-0.1, -0.05) is 0 Å². The van der Waals surface area contributed by atoms with Crippen LogP contribution in [0.25, 0.3) is 0 Å². The average molecular weight is 262 g/mol. The van der Waals surface area contributed by atoms with Crippen LogP contribution in [0.1, 0.15) is 19.3 Å². The normalized spacial score (nSPS) is 23.6. The molecule has 18 heavy (non-hydrogen) atoms. The van der Waals surface area contributed by atoms with E-state index in [0.29, 0.717) is 0 Å². The van der Waals surface area contributed by atoms with E-state index in [1.54, 1.807) is 0 Å². The van der Waals surface area contributed by atoms with Crippen LogP contribution in [0.15, 0.2) is 29.2 Å². The van der Waals surface area contributed by atoms with E-state index < -0.39 is 0 Å². The third-order valence-electron chi connectivity index (χ3n) is 4.00. The third kappa shape index (κ3) is 3.01. The molecule has 2 nitrogen and oxygen atoms in total. The Bertz CT molecular complexity index is 386. The standard InChI is InChI=1S/C15H22N2S/c1-18-15-6-4-14(5-7-15)17-9-8-12(11-17)10-16-13-2-3-13/h4-7,12-13,16H,2-3,8-11H2,1H3. The first-order chi connectivity index (χ1) is 8.85. The maximum atomic E-state index is 3.66. The van der Waals surface area contributed by atoms with E-state index in [1.807, 2.05) is 11.8 Å². The van der Waals surface area contributed by atoms with Gasteiger partial charge in [0.2, 0.25) is 0 Å². The predicted octanol–water partition coefficient (Wildman–Crippen LogP) is 2.99. The molecule has 1 aromatic carbocycles. The minimum atomic E-state index is 0.839. The summed E-state index contributed by atoms with van der Waals surface area (Å²) in [5.41, 5.74) is 1.39. The number of nitrogens with zero attached hydrogens (tertiary/aromatic N) is 1. The molecule has 1 atom stereocenters. The van der Waals surface area contributed by atoms with Crippen molar-refractivity contribution in [3.63, 3.8) is 0 Å². The van der Waals surface area contributed by atoms with E-state index in [0.717, 1.165) is 12.0 Å². The Morgan fingerprint density at radius 2 is 2.00 bits per heavy atom. The quantitative estimate of drug-likeness (QED) is 0.821. The zero-order chi connectivity index (χ0) is 12.4. The Morgan fingerprint density at radius 3 is 2.67 bits per heavy atom. The second kappa shape index (κ2) is 5.54. The second-order valence-corrected chi connectivity index (χ2v) is 6.36. The summed E-state index contributed by atoms with van der Waals surface area (Å²) < 4.78 is 0. The van der Waals surface area contributed by atoms with E-state index in [9.17, 15) is 0 Å². The van der Waals surface area contributed by atoms with Gasteiger partial charge in [0.25, 0.3) is 0 Å². The van der Waals surface area contributed by atoms with Gasteiger partial charge in [-0.3, -0.25) is 0 Å². The van der Waals surface area contributed by atoms with Gasteiger partial charge in [-0.25, -0.2) is 0 Å². The zero-order valence-corrected chi connectivity index (χ0v) is 11.9. The Kier molecular flexibility index (Phi) is 3.80.